The van der Waals surface area contributed by atoms with Crippen LogP contribution in [0.2, 0.25) is 0 Å². The van der Waals surface area contributed by atoms with Crippen LogP contribution in [-0.2, 0) is 6.54 Å². The van der Waals surface area contributed by atoms with Crippen molar-refractivity contribution in [2.45, 2.75) is 27.3 Å². The minimum Gasteiger partial charge on any atom is -0.451 e. The third-order valence-corrected chi connectivity index (χ3v) is 3.97. The third kappa shape index (κ3) is 3.23. The normalized spacial score (nSPS) is 10.8. The molecule has 0 saturated carbocycles. The molecule has 4 heteroatoms. The molecule has 0 spiro atoms. The van der Waals surface area contributed by atoms with E-state index in [0.29, 0.717) is 17.5 Å². The van der Waals surface area contributed by atoms with Crippen LogP contribution in [0.15, 0.2) is 51.7 Å². The van der Waals surface area contributed by atoms with E-state index in [1.807, 2.05) is 51.1 Å². The van der Waals surface area contributed by atoms with Crippen LogP contribution in [0, 0.1) is 20.8 Å². The second-order valence-electron chi connectivity index (χ2n) is 6.10. The molecular weight excluding hydrogens is 302 g/mol. The summed E-state index contributed by atoms with van der Waals surface area (Å²) in [6.45, 7) is 6.18. The molecule has 0 fully saturated rings. The lowest BCUT2D eigenvalue weighted by Crippen LogP contribution is -2.24. The number of carbonyl (C=O) groups is 1. The molecule has 0 aliphatic carbocycles. The fourth-order valence-corrected chi connectivity index (χ4v) is 2.75. The van der Waals surface area contributed by atoms with Gasteiger partial charge in [0, 0.05) is 12.6 Å². The molecule has 0 aliphatic rings. The van der Waals surface area contributed by atoms with E-state index in [1.54, 1.807) is 6.07 Å². The van der Waals surface area contributed by atoms with Crippen molar-refractivity contribution < 1.29 is 9.21 Å². The standard InChI is InChI=1S/C20H19NO3/c1-12-4-6-15(7-5-12)11-21-20(23)18-10-16(22)19-14(3)8-13(2)9-17(19)24-18/h4-10H,11H2,1-3H3,(H,21,23). The highest BCUT2D eigenvalue weighted by molar-refractivity contribution is 5.93. The molecule has 3 rings (SSSR count). The molecule has 0 bridgehead atoms. The van der Waals surface area contributed by atoms with Gasteiger partial charge in [0.25, 0.3) is 5.91 Å². The highest BCUT2D eigenvalue weighted by atomic mass is 16.3. The maximum absolute atomic E-state index is 12.3. The molecule has 3 aromatic rings. The molecule has 1 heterocycles. The zero-order valence-corrected chi connectivity index (χ0v) is 14.0. The van der Waals surface area contributed by atoms with Crippen LogP contribution in [0.5, 0.6) is 0 Å². The van der Waals surface area contributed by atoms with Crippen molar-refractivity contribution >= 4 is 16.9 Å². The zero-order valence-electron chi connectivity index (χ0n) is 14.0. The molecule has 0 radical (unpaired) electrons. The monoisotopic (exact) mass is 321 g/mol. The molecule has 1 amide bonds. The van der Waals surface area contributed by atoms with Crippen molar-refractivity contribution in [1.29, 1.82) is 0 Å². The maximum atomic E-state index is 12.3. The predicted octanol–water partition coefficient (Wildman–Crippen LogP) is 3.65. The molecule has 2 aromatic carbocycles. The van der Waals surface area contributed by atoms with Crippen molar-refractivity contribution in [2.24, 2.45) is 0 Å². The zero-order chi connectivity index (χ0) is 17.3. The number of nitrogens with one attached hydrogen (secondary N) is 1. The minimum absolute atomic E-state index is 0.0320. The van der Waals surface area contributed by atoms with Gasteiger partial charge in [0.15, 0.2) is 11.2 Å². The Morgan fingerprint density at radius 3 is 2.42 bits per heavy atom. The van der Waals surface area contributed by atoms with Gasteiger partial charge in [-0.25, -0.2) is 0 Å². The summed E-state index contributed by atoms with van der Waals surface area (Å²) in [4.78, 5) is 24.6. The first-order chi connectivity index (χ1) is 11.4. The van der Waals surface area contributed by atoms with Crippen LogP contribution in [0.25, 0.3) is 11.0 Å². The Bertz CT molecular complexity index is 969. The summed E-state index contributed by atoms with van der Waals surface area (Å²) in [5.74, 6) is -0.363. The van der Waals surface area contributed by atoms with E-state index in [2.05, 4.69) is 5.32 Å². The summed E-state index contributed by atoms with van der Waals surface area (Å²) in [7, 11) is 0. The summed E-state index contributed by atoms with van der Waals surface area (Å²) in [5.41, 5.74) is 4.24. The smallest absolute Gasteiger partial charge is 0.287 e. The van der Waals surface area contributed by atoms with Gasteiger partial charge in [0.05, 0.1) is 5.39 Å². The molecule has 0 saturated heterocycles. The first kappa shape index (κ1) is 16.0. The van der Waals surface area contributed by atoms with E-state index in [4.69, 9.17) is 4.42 Å². The lowest BCUT2D eigenvalue weighted by Gasteiger charge is -2.07. The number of benzene rings is 2. The summed E-state index contributed by atoms with van der Waals surface area (Å²) in [5, 5.41) is 3.31. The van der Waals surface area contributed by atoms with E-state index in [1.165, 1.54) is 6.07 Å². The van der Waals surface area contributed by atoms with Gasteiger partial charge >= 0.3 is 0 Å². The molecule has 24 heavy (non-hydrogen) atoms. The van der Waals surface area contributed by atoms with E-state index < -0.39 is 5.91 Å². The first-order valence-electron chi connectivity index (χ1n) is 7.83. The van der Waals surface area contributed by atoms with Crippen LogP contribution in [0.3, 0.4) is 0 Å². The average Bonchev–Trinajstić information content (AvgIpc) is 2.52. The van der Waals surface area contributed by atoms with Gasteiger partial charge in [0.2, 0.25) is 0 Å². The van der Waals surface area contributed by atoms with Crippen molar-refractivity contribution in [3.8, 4) is 0 Å². The summed E-state index contributed by atoms with van der Waals surface area (Å²) in [6.07, 6.45) is 0. The van der Waals surface area contributed by atoms with Crippen LogP contribution >= 0.6 is 0 Å². The number of hydrogen-bond acceptors (Lipinski definition) is 3. The van der Waals surface area contributed by atoms with Gasteiger partial charge < -0.3 is 9.73 Å². The van der Waals surface area contributed by atoms with Crippen LogP contribution < -0.4 is 10.7 Å². The Kier molecular flexibility index (Phi) is 4.21. The largest absolute Gasteiger partial charge is 0.451 e. The average molecular weight is 321 g/mol. The fraction of sp³-hybridized carbons (Fsp3) is 0.200. The van der Waals surface area contributed by atoms with E-state index in [0.717, 1.165) is 22.3 Å². The number of amides is 1. The van der Waals surface area contributed by atoms with Crippen molar-refractivity contribution in [2.75, 3.05) is 0 Å². The molecule has 0 atom stereocenters. The van der Waals surface area contributed by atoms with E-state index >= 15 is 0 Å². The number of fused-ring (bicyclic) bond motifs is 1. The number of rotatable bonds is 3. The molecule has 0 aliphatic heterocycles. The van der Waals surface area contributed by atoms with Gasteiger partial charge in [-0.2, -0.15) is 0 Å². The Morgan fingerprint density at radius 1 is 1.00 bits per heavy atom. The minimum atomic E-state index is -0.395. The Balaban J connectivity index is 1.87. The van der Waals surface area contributed by atoms with E-state index in [9.17, 15) is 9.59 Å². The maximum Gasteiger partial charge on any atom is 0.287 e. The van der Waals surface area contributed by atoms with Crippen LogP contribution in [-0.4, -0.2) is 5.91 Å². The van der Waals surface area contributed by atoms with Crippen molar-refractivity contribution in [1.82, 2.24) is 5.32 Å². The first-order valence-corrected chi connectivity index (χ1v) is 7.83. The molecule has 4 nitrogen and oxygen atoms in total. The number of hydrogen-bond donors (Lipinski definition) is 1. The lowest BCUT2D eigenvalue weighted by atomic mass is 10.1. The van der Waals surface area contributed by atoms with Crippen LogP contribution in [0.1, 0.15) is 32.8 Å². The third-order valence-electron chi connectivity index (χ3n) is 3.97. The Morgan fingerprint density at radius 2 is 1.71 bits per heavy atom. The summed E-state index contributed by atoms with van der Waals surface area (Å²) in [6, 6.07) is 12.9. The molecule has 1 N–H and O–H groups in total. The van der Waals surface area contributed by atoms with Gasteiger partial charge in [0.1, 0.15) is 5.58 Å². The van der Waals surface area contributed by atoms with Crippen molar-refractivity contribution in [3.05, 3.63) is 80.7 Å². The summed E-state index contributed by atoms with van der Waals surface area (Å²) < 4.78 is 5.66. The fourth-order valence-electron chi connectivity index (χ4n) is 2.75. The molecule has 122 valence electrons. The molecule has 0 unspecified atom stereocenters. The highest BCUT2D eigenvalue weighted by Crippen LogP contribution is 2.18. The van der Waals surface area contributed by atoms with Crippen molar-refractivity contribution in [3.63, 3.8) is 0 Å². The Labute approximate surface area is 140 Å². The molecular formula is C20H19NO3. The summed E-state index contributed by atoms with van der Waals surface area (Å²) >= 11 is 0. The van der Waals surface area contributed by atoms with Gasteiger partial charge in [-0.15, -0.1) is 0 Å². The predicted molar refractivity (Wildman–Crippen MR) is 94.3 cm³/mol. The van der Waals surface area contributed by atoms with E-state index in [-0.39, 0.29) is 11.2 Å². The van der Waals surface area contributed by atoms with Gasteiger partial charge in [-0.1, -0.05) is 35.9 Å². The SMILES string of the molecule is Cc1ccc(CNC(=O)c2cc(=O)c3c(C)cc(C)cc3o2)cc1. The second-order valence-corrected chi connectivity index (χ2v) is 6.10. The van der Waals surface area contributed by atoms with Gasteiger partial charge in [-0.05, 0) is 43.5 Å². The highest BCUT2D eigenvalue weighted by Gasteiger charge is 2.13. The topological polar surface area (TPSA) is 59.3 Å². The van der Waals surface area contributed by atoms with Crippen LogP contribution in [0.4, 0.5) is 0 Å². The second kappa shape index (κ2) is 6.32. The molecule has 1 aromatic heterocycles. The number of aryl methyl sites for hydroxylation is 3. The number of carbonyl (C=O) groups excluding carboxylic acids is 1. The quantitative estimate of drug-likeness (QED) is 0.801. The lowest BCUT2D eigenvalue weighted by molar-refractivity contribution is 0.0923. The Hall–Kier alpha value is -2.88. The van der Waals surface area contributed by atoms with Gasteiger partial charge in [-0.3, -0.25) is 9.59 Å².